The summed E-state index contributed by atoms with van der Waals surface area (Å²) in [7, 11) is 0. The SMILES string of the molecule is CCCCCC1CCCN1O. The second-order valence-electron chi connectivity index (χ2n) is 3.45. The molecule has 0 bridgehead atoms. The summed E-state index contributed by atoms with van der Waals surface area (Å²) in [4.78, 5) is 0. The summed E-state index contributed by atoms with van der Waals surface area (Å²) < 4.78 is 0. The first kappa shape index (κ1) is 9.01. The molecule has 1 rings (SSSR count). The zero-order chi connectivity index (χ0) is 8.10. The normalized spacial score (nSPS) is 26.2. The smallest absolute Gasteiger partial charge is 0.0350 e. The van der Waals surface area contributed by atoms with Gasteiger partial charge < -0.3 is 5.21 Å². The van der Waals surface area contributed by atoms with Crippen LogP contribution in [0.5, 0.6) is 0 Å². The van der Waals surface area contributed by atoms with Gasteiger partial charge in [0, 0.05) is 12.6 Å². The van der Waals surface area contributed by atoms with Crippen LogP contribution in [0.15, 0.2) is 0 Å². The van der Waals surface area contributed by atoms with Crippen LogP contribution < -0.4 is 0 Å². The number of nitrogens with zero attached hydrogens (tertiary/aromatic N) is 1. The molecular weight excluding hydrogens is 138 g/mol. The van der Waals surface area contributed by atoms with Crippen LogP contribution in [0.3, 0.4) is 0 Å². The minimum Gasteiger partial charge on any atom is -0.314 e. The lowest BCUT2D eigenvalue weighted by molar-refractivity contribution is -0.104. The highest BCUT2D eigenvalue weighted by atomic mass is 16.5. The zero-order valence-corrected chi connectivity index (χ0v) is 7.42. The van der Waals surface area contributed by atoms with Crippen LogP contribution in [0.1, 0.15) is 45.4 Å². The molecule has 1 heterocycles. The fourth-order valence-electron chi connectivity index (χ4n) is 1.74. The Morgan fingerprint density at radius 1 is 1.45 bits per heavy atom. The number of hydrogen-bond acceptors (Lipinski definition) is 2. The molecule has 11 heavy (non-hydrogen) atoms. The van der Waals surface area contributed by atoms with E-state index >= 15 is 0 Å². The van der Waals surface area contributed by atoms with Gasteiger partial charge in [-0.25, -0.2) is 0 Å². The number of hydroxylamine groups is 2. The van der Waals surface area contributed by atoms with Gasteiger partial charge in [0.25, 0.3) is 0 Å². The van der Waals surface area contributed by atoms with Crippen molar-refractivity contribution in [3.8, 4) is 0 Å². The van der Waals surface area contributed by atoms with Gasteiger partial charge in [-0.15, -0.1) is 0 Å². The molecule has 0 aromatic heterocycles. The lowest BCUT2D eigenvalue weighted by Gasteiger charge is -2.16. The molecule has 1 unspecified atom stereocenters. The molecule has 1 fully saturated rings. The van der Waals surface area contributed by atoms with Gasteiger partial charge in [-0.1, -0.05) is 26.2 Å². The van der Waals surface area contributed by atoms with Gasteiger partial charge in [-0.2, -0.15) is 5.06 Å². The molecule has 0 aromatic carbocycles. The van der Waals surface area contributed by atoms with Gasteiger partial charge in [0.2, 0.25) is 0 Å². The van der Waals surface area contributed by atoms with E-state index in [1.165, 1.54) is 43.6 Å². The van der Waals surface area contributed by atoms with Crippen molar-refractivity contribution in [1.29, 1.82) is 0 Å². The van der Waals surface area contributed by atoms with Crippen LogP contribution in [0.4, 0.5) is 0 Å². The molecule has 2 nitrogen and oxygen atoms in total. The van der Waals surface area contributed by atoms with E-state index in [1.54, 1.807) is 0 Å². The Kier molecular flexibility index (Phi) is 3.87. The van der Waals surface area contributed by atoms with E-state index in [0.717, 1.165) is 6.54 Å². The van der Waals surface area contributed by atoms with Gasteiger partial charge in [0.1, 0.15) is 0 Å². The second kappa shape index (κ2) is 4.73. The van der Waals surface area contributed by atoms with Crippen molar-refractivity contribution in [2.24, 2.45) is 0 Å². The van der Waals surface area contributed by atoms with Crippen molar-refractivity contribution in [3.05, 3.63) is 0 Å². The lowest BCUT2D eigenvalue weighted by atomic mass is 10.1. The fraction of sp³-hybridized carbons (Fsp3) is 1.00. The zero-order valence-electron chi connectivity index (χ0n) is 7.42. The van der Waals surface area contributed by atoms with Gasteiger partial charge in [-0.3, -0.25) is 0 Å². The Hall–Kier alpha value is -0.0800. The maximum Gasteiger partial charge on any atom is 0.0350 e. The summed E-state index contributed by atoms with van der Waals surface area (Å²) in [6.07, 6.45) is 7.42. The molecular formula is C9H19NO. The maximum atomic E-state index is 9.32. The molecule has 0 saturated carbocycles. The third-order valence-electron chi connectivity index (χ3n) is 2.49. The van der Waals surface area contributed by atoms with E-state index in [2.05, 4.69) is 6.92 Å². The summed E-state index contributed by atoms with van der Waals surface area (Å²) in [5, 5.41) is 10.8. The third-order valence-corrected chi connectivity index (χ3v) is 2.49. The van der Waals surface area contributed by atoms with E-state index in [9.17, 15) is 5.21 Å². The van der Waals surface area contributed by atoms with E-state index in [0.29, 0.717) is 6.04 Å². The molecule has 0 amide bonds. The van der Waals surface area contributed by atoms with Crippen LogP contribution >= 0.6 is 0 Å². The lowest BCUT2D eigenvalue weighted by Crippen LogP contribution is -2.25. The van der Waals surface area contributed by atoms with Crippen molar-refractivity contribution in [2.75, 3.05) is 6.54 Å². The van der Waals surface area contributed by atoms with Crippen molar-refractivity contribution < 1.29 is 5.21 Å². The average Bonchev–Trinajstić information content (AvgIpc) is 2.37. The largest absolute Gasteiger partial charge is 0.314 e. The van der Waals surface area contributed by atoms with Crippen LogP contribution in [-0.4, -0.2) is 22.9 Å². The Morgan fingerprint density at radius 3 is 2.82 bits per heavy atom. The first-order valence-corrected chi connectivity index (χ1v) is 4.80. The van der Waals surface area contributed by atoms with Crippen LogP contribution in [0, 0.1) is 0 Å². The van der Waals surface area contributed by atoms with Crippen LogP contribution in [-0.2, 0) is 0 Å². The quantitative estimate of drug-likeness (QED) is 0.633. The monoisotopic (exact) mass is 157 g/mol. The summed E-state index contributed by atoms with van der Waals surface area (Å²) in [5.74, 6) is 0. The van der Waals surface area contributed by atoms with E-state index < -0.39 is 0 Å². The Morgan fingerprint density at radius 2 is 2.27 bits per heavy atom. The van der Waals surface area contributed by atoms with Gasteiger partial charge in [0.15, 0.2) is 0 Å². The standard InChI is InChI=1S/C9H19NO/c1-2-3-4-6-9-7-5-8-10(9)11/h9,11H,2-8H2,1H3. The summed E-state index contributed by atoms with van der Waals surface area (Å²) in [6, 6.07) is 0.474. The molecule has 0 radical (unpaired) electrons. The predicted molar refractivity (Wildman–Crippen MR) is 45.7 cm³/mol. The van der Waals surface area contributed by atoms with Crippen LogP contribution in [0.25, 0.3) is 0 Å². The van der Waals surface area contributed by atoms with Gasteiger partial charge >= 0.3 is 0 Å². The average molecular weight is 157 g/mol. The van der Waals surface area contributed by atoms with Crippen molar-refractivity contribution >= 4 is 0 Å². The molecule has 1 aliphatic heterocycles. The fourth-order valence-corrected chi connectivity index (χ4v) is 1.74. The molecule has 0 aromatic rings. The maximum absolute atomic E-state index is 9.32. The minimum atomic E-state index is 0.474. The van der Waals surface area contributed by atoms with Crippen molar-refractivity contribution in [1.82, 2.24) is 5.06 Å². The number of rotatable bonds is 4. The molecule has 1 N–H and O–H groups in total. The Balaban J connectivity index is 2.05. The molecule has 1 atom stereocenters. The highest BCUT2D eigenvalue weighted by Crippen LogP contribution is 2.19. The highest BCUT2D eigenvalue weighted by molar-refractivity contribution is 4.72. The van der Waals surface area contributed by atoms with E-state index in [-0.39, 0.29) is 0 Å². The molecule has 2 heteroatoms. The van der Waals surface area contributed by atoms with E-state index in [4.69, 9.17) is 0 Å². The van der Waals surface area contributed by atoms with Crippen molar-refractivity contribution in [3.63, 3.8) is 0 Å². The second-order valence-corrected chi connectivity index (χ2v) is 3.45. The van der Waals surface area contributed by atoms with Crippen molar-refractivity contribution in [2.45, 2.75) is 51.5 Å². The summed E-state index contributed by atoms with van der Waals surface area (Å²) in [5.41, 5.74) is 0. The van der Waals surface area contributed by atoms with Gasteiger partial charge in [-0.05, 0) is 19.3 Å². The predicted octanol–water partition coefficient (Wildman–Crippen LogP) is 2.42. The Labute approximate surface area is 69.2 Å². The third kappa shape index (κ3) is 2.80. The minimum absolute atomic E-state index is 0.474. The molecule has 1 saturated heterocycles. The first-order valence-electron chi connectivity index (χ1n) is 4.80. The number of unbranched alkanes of at least 4 members (excludes halogenated alkanes) is 2. The summed E-state index contributed by atoms with van der Waals surface area (Å²) in [6.45, 7) is 3.10. The number of hydrogen-bond donors (Lipinski definition) is 1. The topological polar surface area (TPSA) is 23.5 Å². The Bertz CT molecular complexity index is 106. The molecule has 1 aliphatic rings. The van der Waals surface area contributed by atoms with Gasteiger partial charge in [0.05, 0.1) is 0 Å². The highest BCUT2D eigenvalue weighted by Gasteiger charge is 2.21. The first-order chi connectivity index (χ1) is 5.34. The molecule has 66 valence electrons. The molecule has 0 spiro atoms. The van der Waals surface area contributed by atoms with Crippen LogP contribution in [0.2, 0.25) is 0 Å². The summed E-state index contributed by atoms with van der Waals surface area (Å²) >= 11 is 0. The van der Waals surface area contributed by atoms with E-state index in [1.807, 2.05) is 0 Å². The molecule has 0 aliphatic carbocycles.